The number of carbonyl (C=O) groups is 1. The summed E-state index contributed by atoms with van der Waals surface area (Å²) in [5, 5.41) is 0. The lowest BCUT2D eigenvalue weighted by Crippen LogP contribution is -2.17. The number of allylic oxidation sites excluding steroid dienone is 2. The number of carbonyl (C=O) groups excluding carboxylic acids is 1. The van der Waals surface area contributed by atoms with Gasteiger partial charge in [-0.25, -0.2) is 8.78 Å². The first kappa shape index (κ1) is 10.0. The second kappa shape index (κ2) is 3.26. The lowest BCUT2D eigenvalue weighted by Gasteiger charge is -2.21. The number of ketones is 1. The highest BCUT2D eigenvalue weighted by molar-refractivity contribution is 5.94. The molecule has 2 rings (SSSR count). The minimum Gasteiger partial charge on any atom is -0.295 e. The third-order valence-corrected chi connectivity index (χ3v) is 2.76. The van der Waals surface area contributed by atoms with Crippen LogP contribution < -0.4 is 0 Å². The molecule has 15 heavy (non-hydrogen) atoms. The zero-order valence-corrected chi connectivity index (χ0v) is 8.26. The third-order valence-electron chi connectivity index (χ3n) is 2.76. The monoisotopic (exact) mass is 208 g/mol. The van der Waals surface area contributed by atoms with Gasteiger partial charge >= 0.3 is 0 Å². The van der Waals surface area contributed by atoms with E-state index in [1.807, 2.05) is 6.92 Å². The maximum atomic E-state index is 13.0. The van der Waals surface area contributed by atoms with Crippen molar-refractivity contribution in [3.05, 3.63) is 47.5 Å². The number of rotatable bonds is 1. The van der Waals surface area contributed by atoms with E-state index < -0.39 is 17.0 Å². The van der Waals surface area contributed by atoms with Gasteiger partial charge in [-0.15, -0.1) is 0 Å². The molecular weight excluding hydrogens is 198 g/mol. The Morgan fingerprint density at radius 3 is 2.53 bits per heavy atom. The van der Waals surface area contributed by atoms with Crippen LogP contribution in [-0.2, 0) is 10.2 Å². The van der Waals surface area contributed by atoms with E-state index in [0.717, 1.165) is 12.1 Å². The van der Waals surface area contributed by atoms with Crippen LogP contribution in [0.25, 0.3) is 0 Å². The number of halogens is 2. The maximum absolute atomic E-state index is 13.0. The second-order valence-electron chi connectivity index (χ2n) is 4.02. The minimum absolute atomic E-state index is 0.0160. The highest BCUT2D eigenvalue weighted by atomic mass is 19.2. The molecule has 0 bridgehead atoms. The van der Waals surface area contributed by atoms with Crippen molar-refractivity contribution < 1.29 is 13.6 Å². The highest BCUT2D eigenvalue weighted by Crippen LogP contribution is 2.34. The molecule has 0 saturated heterocycles. The fourth-order valence-electron chi connectivity index (χ4n) is 1.81. The summed E-state index contributed by atoms with van der Waals surface area (Å²) in [5.74, 6) is -1.72. The van der Waals surface area contributed by atoms with Crippen LogP contribution in [-0.4, -0.2) is 5.78 Å². The standard InChI is InChI=1S/C12H10F2O/c1-12(5-4-9(15)7-12)8-2-3-10(13)11(14)6-8/h2-6H,7H2,1H3/t12-/m1/s1. The maximum Gasteiger partial charge on any atom is 0.159 e. The first-order valence-corrected chi connectivity index (χ1v) is 4.69. The fourth-order valence-corrected chi connectivity index (χ4v) is 1.81. The molecule has 0 aromatic heterocycles. The Hall–Kier alpha value is -1.51. The smallest absolute Gasteiger partial charge is 0.159 e. The van der Waals surface area contributed by atoms with Crippen molar-refractivity contribution in [1.29, 1.82) is 0 Å². The second-order valence-corrected chi connectivity index (χ2v) is 4.02. The van der Waals surface area contributed by atoms with Crippen molar-refractivity contribution >= 4 is 5.78 Å². The average Bonchev–Trinajstić information content (AvgIpc) is 2.52. The van der Waals surface area contributed by atoms with Crippen LogP contribution in [0.4, 0.5) is 8.78 Å². The molecule has 0 fully saturated rings. The predicted octanol–water partition coefficient (Wildman–Crippen LogP) is 2.75. The van der Waals surface area contributed by atoms with Gasteiger partial charge in [0.05, 0.1) is 0 Å². The van der Waals surface area contributed by atoms with Crippen LogP contribution in [0.1, 0.15) is 18.9 Å². The molecule has 0 heterocycles. The van der Waals surface area contributed by atoms with Gasteiger partial charge in [0.15, 0.2) is 17.4 Å². The van der Waals surface area contributed by atoms with Crippen LogP contribution in [0.2, 0.25) is 0 Å². The van der Waals surface area contributed by atoms with E-state index in [-0.39, 0.29) is 5.78 Å². The zero-order chi connectivity index (χ0) is 11.1. The van der Waals surface area contributed by atoms with E-state index in [0.29, 0.717) is 12.0 Å². The van der Waals surface area contributed by atoms with Gasteiger partial charge < -0.3 is 0 Å². The molecule has 0 aliphatic heterocycles. The Morgan fingerprint density at radius 1 is 1.27 bits per heavy atom. The lowest BCUT2D eigenvalue weighted by atomic mass is 9.82. The predicted molar refractivity (Wildman–Crippen MR) is 52.5 cm³/mol. The molecule has 0 saturated carbocycles. The summed E-state index contributed by atoms with van der Waals surface area (Å²) in [6, 6.07) is 3.76. The van der Waals surface area contributed by atoms with Crippen LogP contribution in [0, 0.1) is 11.6 Å². The van der Waals surface area contributed by atoms with Crippen LogP contribution in [0.15, 0.2) is 30.4 Å². The van der Waals surface area contributed by atoms with Gasteiger partial charge in [0.1, 0.15) is 0 Å². The van der Waals surface area contributed by atoms with E-state index in [2.05, 4.69) is 0 Å². The normalized spacial score (nSPS) is 24.9. The Kier molecular flexibility index (Phi) is 2.18. The Morgan fingerprint density at radius 2 is 2.00 bits per heavy atom. The topological polar surface area (TPSA) is 17.1 Å². The quantitative estimate of drug-likeness (QED) is 0.693. The minimum atomic E-state index is -0.874. The Labute approximate surface area is 86.4 Å². The fraction of sp³-hybridized carbons (Fsp3) is 0.250. The van der Waals surface area contributed by atoms with Crippen molar-refractivity contribution in [2.45, 2.75) is 18.8 Å². The van der Waals surface area contributed by atoms with Crippen molar-refractivity contribution in [3.63, 3.8) is 0 Å². The molecule has 1 aliphatic rings. The van der Waals surface area contributed by atoms with E-state index in [4.69, 9.17) is 0 Å². The molecule has 1 nitrogen and oxygen atoms in total. The van der Waals surface area contributed by atoms with Gasteiger partial charge in [0, 0.05) is 11.8 Å². The van der Waals surface area contributed by atoms with Crippen molar-refractivity contribution in [3.8, 4) is 0 Å². The largest absolute Gasteiger partial charge is 0.295 e. The van der Waals surface area contributed by atoms with Gasteiger partial charge in [0.25, 0.3) is 0 Å². The van der Waals surface area contributed by atoms with Gasteiger partial charge in [0.2, 0.25) is 0 Å². The van der Waals surface area contributed by atoms with Crippen LogP contribution >= 0.6 is 0 Å². The molecule has 0 N–H and O–H groups in total. The molecule has 78 valence electrons. The molecule has 1 aliphatic carbocycles. The van der Waals surface area contributed by atoms with E-state index in [1.165, 1.54) is 12.1 Å². The summed E-state index contributed by atoms with van der Waals surface area (Å²) in [7, 11) is 0. The van der Waals surface area contributed by atoms with Crippen molar-refractivity contribution in [2.24, 2.45) is 0 Å². The first-order chi connectivity index (χ1) is 7.01. The van der Waals surface area contributed by atoms with Gasteiger partial charge in [-0.2, -0.15) is 0 Å². The summed E-state index contributed by atoms with van der Waals surface area (Å²) in [5.41, 5.74) is 0.134. The summed E-state index contributed by atoms with van der Waals surface area (Å²) >= 11 is 0. The van der Waals surface area contributed by atoms with Crippen LogP contribution in [0.3, 0.4) is 0 Å². The van der Waals surface area contributed by atoms with E-state index >= 15 is 0 Å². The van der Waals surface area contributed by atoms with Crippen molar-refractivity contribution in [2.75, 3.05) is 0 Å². The lowest BCUT2D eigenvalue weighted by molar-refractivity contribution is -0.114. The molecule has 1 atom stereocenters. The number of hydrogen-bond donors (Lipinski definition) is 0. The van der Waals surface area contributed by atoms with Crippen molar-refractivity contribution in [1.82, 2.24) is 0 Å². The SMILES string of the molecule is C[C@@]1(c2ccc(F)c(F)c2)C=CC(=O)C1. The average molecular weight is 208 g/mol. The van der Waals surface area contributed by atoms with E-state index in [9.17, 15) is 13.6 Å². The summed E-state index contributed by atoms with van der Waals surface area (Å²) in [6.45, 7) is 1.83. The number of hydrogen-bond acceptors (Lipinski definition) is 1. The molecule has 0 unspecified atom stereocenters. The molecule has 0 spiro atoms. The summed E-state index contributed by atoms with van der Waals surface area (Å²) in [6.07, 6.45) is 3.54. The molecular formula is C12H10F2O. The third kappa shape index (κ3) is 1.69. The van der Waals surface area contributed by atoms with Gasteiger partial charge in [-0.1, -0.05) is 19.1 Å². The van der Waals surface area contributed by atoms with Gasteiger partial charge in [-0.05, 0) is 23.8 Å². The summed E-state index contributed by atoms with van der Waals surface area (Å²) < 4.78 is 25.7. The molecule has 0 radical (unpaired) electrons. The van der Waals surface area contributed by atoms with E-state index in [1.54, 1.807) is 6.08 Å². The van der Waals surface area contributed by atoms with Crippen LogP contribution in [0.5, 0.6) is 0 Å². The summed E-state index contributed by atoms with van der Waals surface area (Å²) in [4.78, 5) is 11.1. The zero-order valence-electron chi connectivity index (χ0n) is 8.26. The molecule has 3 heteroatoms. The Balaban J connectivity index is 2.42. The number of benzene rings is 1. The highest BCUT2D eigenvalue weighted by Gasteiger charge is 2.31. The van der Waals surface area contributed by atoms with Gasteiger partial charge in [-0.3, -0.25) is 4.79 Å². The molecule has 1 aromatic rings. The first-order valence-electron chi connectivity index (χ1n) is 4.69. The molecule has 1 aromatic carbocycles. The molecule has 0 amide bonds. The Bertz CT molecular complexity index is 451.